The fourth-order valence-electron chi connectivity index (χ4n) is 2.95. The van der Waals surface area contributed by atoms with Crippen LogP contribution < -0.4 is 10.9 Å². The van der Waals surface area contributed by atoms with Crippen molar-refractivity contribution in [2.24, 2.45) is 0 Å². The van der Waals surface area contributed by atoms with Gasteiger partial charge in [0.05, 0.1) is 12.2 Å². The molecule has 3 aromatic rings. The second kappa shape index (κ2) is 9.52. The van der Waals surface area contributed by atoms with Crippen molar-refractivity contribution in [2.75, 3.05) is 0 Å². The van der Waals surface area contributed by atoms with Crippen LogP contribution in [0, 0.1) is 0 Å². The lowest BCUT2D eigenvalue weighted by Crippen LogP contribution is -2.28. The smallest absolute Gasteiger partial charge is 0.266 e. The van der Waals surface area contributed by atoms with Gasteiger partial charge in [-0.1, -0.05) is 61.8 Å². The lowest BCUT2D eigenvalue weighted by Gasteiger charge is -2.09. The van der Waals surface area contributed by atoms with E-state index >= 15 is 0 Å². The predicted molar refractivity (Wildman–Crippen MR) is 116 cm³/mol. The molecular weight excluding hydrogens is 386 g/mol. The maximum Gasteiger partial charge on any atom is 0.266 e. The first kappa shape index (κ1) is 20.8. The van der Waals surface area contributed by atoms with Gasteiger partial charge in [0.15, 0.2) is 0 Å². The van der Waals surface area contributed by atoms with Crippen LogP contribution in [-0.4, -0.2) is 15.7 Å². The van der Waals surface area contributed by atoms with Gasteiger partial charge < -0.3 is 5.32 Å². The number of halogens is 1. The monoisotopic (exact) mass is 409 g/mol. The minimum atomic E-state index is -0.227. The van der Waals surface area contributed by atoms with E-state index in [-0.39, 0.29) is 24.4 Å². The molecule has 1 aromatic heterocycles. The Morgan fingerprint density at radius 2 is 1.86 bits per heavy atom. The summed E-state index contributed by atoms with van der Waals surface area (Å²) in [5, 5.41) is 7.89. The van der Waals surface area contributed by atoms with Crippen LogP contribution in [0.1, 0.15) is 37.3 Å². The summed E-state index contributed by atoms with van der Waals surface area (Å²) in [6.07, 6.45) is 0.170. The van der Waals surface area contributed by atoms with Crippen molar-refractivity contribution in [3.05, 3.63) is 87.2 Å². The van der Waals surface area contributed by atoms with E-state index in [1.807, 2.05) is 30.3 Å². The Morgan fingerprint density at radius 1 is 1.10 bits per heavy atom. The number of nitrogens with zero attached hydrogens (tertiary/aromatic N) is 2. The van der Waals surface area contributed by atoms with E-state index < -0.39 is 0 Å². The highest BCUT2D eigenvalue weighted by Crippen LogP contribution is 2.20. The van der Waals surface area contributed by atoms with Gasteiger partial charge in [0, 0.05) is 29.6 Å². The van der Waals surface area contributed by atoms with Gasteiger partial charge in [0.2, 0.25) is 5.91 Å². The fourth-order valence-corrected chi connectivity index (χ4v) is 3.16. The molecule has 1 amide bonds. The molecule has 0 radical (unpaired) electrons. The second-order valence-electron chi connectivity index (χ2n) is 7.21. The molecule has 0 fully saturated rings. The molecule has 29 heavy (non-hydrogen) atoms. The Hall–Kier alpha value is -2.92. The van der Waals surface area contributed by atoms with Crippen molar-refractivity contribution in [3.63, 3.8) is 0 Å². The first-order valence-corrected chi connectivity index (χ1v) is 10.00. The Bertz CT molecular complexity index is 1040. The van der Waals surface area contributed by atoms with Crippen LogP contribution in [-0.2, 0) is 17.9 Å². The number of carbonyl (C=O) groups excluding carboxylic acids is 1. The first-order valence-electron chi connectivity index (χ1n) is 9.62. The van der Waals surface area contributed by atoms with E-state index in [1.54, 1.807) is 12.1 Å². The minimum absolute atomic E-state index is 0.148. The zero-order chi connectivity index (χ0) is 20.8. The number of carbonyl (C=O) groups is 1. The van der Waals surface area contributed by atoms with E-state index in [2.05, 4.69) is 36.4 Å². The van der Waals surface area contributed by atoms with Gasteiger partial charge in [-0.05, 0) is 35.2 Å². The van der Waals surface area contributed by atoms with Crippen molar-refractivity contribution in [3.8, 4) is 11.3 Å². The van der Waals surface area contributed by atoms with E-state index in [9.17, 15) is 9.59 Å². The third-order valence-electron chi connectivity index (χ3n) is 4.67. The third-order valence-corrected chi connectivity index (χ3v) is 4.90. The molecule has 0 aliphatic heterocycles. The normalized spacial score (nSPS) is 10.9. The standard InChI is InChI=1S/C23H24ClN3O2/c1-16(2)18-6-8-19(9-7-18)21-10-11-23(29)27(26-21)13-12-22(28)25-15-17-4-3-5-20(24)14-17/h3-11,14,16H,12-13,15H2,1-2H3,(H,25,28). The molecule has 0 aliphatic rings. The minimum Gasteiger partial charge on any atom is -0.352 e. The number of aromatic nitrogens is 2. The van der Waals surface area contributed by atoms with Crippen molar-refractivity contribution >= 4 is 17.5 Å². The zero-order valence-corrected chi connectivity index (χ0v) is 17.3. The van der Waals surface area contributed by atoms with Crippen molar-refractivity contribution in [1.82, 2.24) is 15.1 Å². The molecule has 3 rings (SSSR count). The lowest BCUT2D eigenvalue weighted by molar-refractivity contribution is -0.121. The topological polar surface area (TPSA) is 64.0 Å². The summed E-state index contributed by atoms with van der Waals surface area (Å²) < 4.78 is 1.34. The van der Waals surface area contributed by atoms with Crippen LogP contribution >= 0.6 is 11.6 Å². The van der Waals surface area contributed by atoms with E-state index in [4.69, 9.17) is 11.6 Å². The SMILES string of the molecule is CC(C)c1ccc(-c2ccc(=O)n(CCC(=O)NCc3cccc(Cl)c3)n2)cc1. The molecule has 0 bridgehead atoms. The van der Waals surface area contributed by atoms with Crippen molar-refractivity contribution < 1.29 is 4.79 Å². The van der Waals surface area contributed by atoms with Gasteiger partial charge in [-0.2, -0.15) is 5.10 Å². The number of rotatable bonds is 7. The summed E-state index contributed by atoms with van der Waals surface area (Å²) in [6.45, 7) is 4.90. The zero-order valence-electron chi connectivity index (χ0n) is 16.6. The highest BCUT2D eigenvalue weighted by atomic mass is 35.5. The molecule has 0 aliphatic carbocycles. The second-order valence-corrected chi connectivity index (χ2v) is 7.65. The molecule has 0 unspecified atom stereocenters. The molecule has 0 saturated carbocycles. The average Bonchev–Trinajstić information content (AvgIpc) is 2.72. The lowest BCUT2D eigenvalue weighted by atomic mass is 10.0. The number of amides is 1. The molecule has 0 spiro atoms. The number of nitrogens with one attached hydrogen (secondary N) is 1. The first-order chi connectivity index (χ1) is 13.9. The Labute approximate surface area is 175 Å². The van der Waals surface area contributed by atoms with E-state index in [0.717, 1.165) is 11.1 Å². The van der Waals surface area contributed by atoms with Crippen LogP contribution in [0.4, 0.5) is 0 Å². The van der Waals surface area contributed by atoms with Crippen molar-refractivity contribution in [2.45, 2.75) is 39.3 Å². The highest BCUT2D eigenvalue weighted by Gasteiger charge is 2.08. The van der Waals surface area contributed by atoms with Crippen molar-refractivity contribution in [1.29, 1.82) is 0 Å². The maximum atomic E-state index is 12.2. The maximum absolute atomic E-state index is 12.2. The Morgan fingerprint density at radius 3 is 2.55 bits per heavy atom. The summed E-state index contributed by atoms with van der Waals surface area (Å²) in [7, 11) is 0. The summed E-state index contributed by atoms with van der Waals surface area (Å²) in [5.41, 5.74) is 3.59. The molecule has 1 heterocycles. The van der Waals surface area contributed by atoms with Gasteiger partial charge in [0.25, 0.3) is 5.56 Å². The van der Waals surface area contributed by atoms with Gasteiger partial charge in [-0.25, -0.2) is 4.68 Å². The summed E-state index contributed by atoms with van der Waals surface area (Å²) in [4.78, 5) is 24.3. The van der Waals surface area contributed by atoms with Crippen LogP contribution in [0.25, 0.3) is 11.3 Å². The average molecular weight is 410 g/mol. The highest BCUT2D eigenvalue weighted by molar-refractivity contribution is 6.30. The number of hydrogen-bond acceptors (Lipinski definition) is 3. The fraction of sp³-hybridized carbons (Fsp3) is 0.261. The number of aryl methyl sites for hydroxylation is 1. The summed E-state index contributed by atoms with van der Waals surface area (Å²) in [5.74, 6) is 0.307. The number of benzene rings is 2. The van der Waals surface area contributed by atoms with Crippen LogP contribution in [0.3, 0.4) is 0 Å². The van der Waals surface area contributed by atoms with E-state index in [1.165, 1.54) is 16.3 Å². The van der Waals surface area contributed by atoms with Crippen LogP contribution in [0.5, 0.6) is 0 Å². The molecular formula is C23H24ClN3O2. The molecule has 1 N–H and O–H groups in total. The molecule has 0 atom stereocenters. The van der Waals surface area contributed by atoms with Gasteiger partial charge in [-0.15, -0.1) is 0 Å². The molecule has 150 valence electrons. The quantitative estimate of drug-likeness (QED) is 0.629. The third kappa shape index (κ3) is 5.78. The predicted octanol–water partition coefficient (Wildman–Crippen LogP) is 4.39. The van der Waals surface area contributed by atoms with Gasteiger partial charge >= 0.3 is 0 Å². The molecule has 0 saturated heterocycles. The van der Waals surface area contributed by atoms with Crippen LogP contribution in [0.2, 0.25) is 5.02 Å². The summed E-state index contributed by atoms with van der Waals surface area (Å²) in [6, 6.07) is 18.7. The van der Waals surface area contributed by atoms with Gasteiger partial charge in [-0.3, -0.25) is 9.59 Å². The van der Waals surface area contributed by atoms with E-state index in [0.29, 0.717) is 23.2 Å². The largest absolute Gasteiger partial charge is 0.352 e. The molecule has 5 nitrogen and oxygen atoms in total. The molecule has 2 aromatic carbocycles. The summed E-state index contributed by atoms with van der Waals surface area (Å²) >= 11 is 5.95. The van der Waals surface area contributed by atoms with Gasteiger partial charge in [0.1, 0.15) is 0 Å². The number of hydrogen-bond donors (Lipinski definition) is 1. The molecule has 6 heteroatoms. The Balaban J connectivity index is 1.62. The Kier molecular flexibility index (Phi) is 6.83. The van der Waals surface area contributed by atoms with Crippen LogP contribution in [0.15, 0.2) is 65.5 Å².